The predicted molar refractivity (Wildman–Crippen MR) is 74.0 cm³/mol. The summed E-state index contributed by atoms with van der Waals surface area (Å²) in [4.78, 5) is 4.34. The zero-order valence-electron chi connectivity index (χ0n) is 10.9. The molecule has 17 heavy (non-hydrogen) atoms. The van der Waals surface area contributed by atoms with Crippen LogP contribution in [0.5, 0.6) is 0 Å². The number of hydrogen-bond donors (Lipinski definition) is 1. The van der Waals surface area contributed by atoms with Crippen LogP contribution in [0, 0.1) is 11.8 Å². The first-order chi connectivity index (χ1) is 8.36. The lowest BCUT2D eigenvalue weighted by Crippen LogP contribution is -2.02. The summed E-state index contributed by atoms with van der Waals surface area (Å²) in [6, 6.07) is 4.03. The van der Waals surface area contributed by atoms with Crippen LogP contribution in [-0.2, 0) is 0 Å². The van der Waals surface area contributed by atoms with Crippen LogP contribution in [0.4, 0.5) is 5.82 Å². The quantitative estimate of drug-likeness (QED) is 0.593. The van der Waals surface area contributed by atoms with E-state index < -0.39 is 0 Å². The fraction of sp³-hybridized carbons (Fsp3) is 0.533. The number of unbranched alkanes of at least 4 members (excludes halogenated alkanes) is 3. The molecule has 0 bridgehead atoms. The van der Waals surface area contributed by atoms with Crippen LogP contribution >= 0.6 is 0 Å². The first kappa shape index (κ1) is 13.6. The van der Waals surface area contributed by atoms with Gasteiger partial charge in [-0.2, -0.15) is 0 Å². The fourth-order valence-electron chi connectivity index (χ4n) is 1.40. The largest absolute Gasteiger partial charge is 0.370 e. The summed E-state index contributed by atoms with van der Waals surface area (Å²) >= 11 is 0. The van der Waals surface area contributed by atoms with Crippen molar-refractivity contribution in [1.29, 1.82) is 0 Å². The second-order valence-electron chi connectivity index (χ2n) is 4.12. The molecule has 0 aliphatic heterocycles. The third kappa shape index (κ3) is 5.97. The van der Waals surface area contributed by atoms with Gasteiger partial charge in [0.05, 0.1) is 0 Å². The van der Waals surface area contributed by atoms with Crippen molar-refractivity contribution in [2.45, 2.75) is 46.0 Å². The lowest BCUT2D eigenvalue weighted by molar-refractivity contribution is 0.828. The monoisotopic (exact) mass is 230 g/mol. The molecule has 1 rings (SSSR count). The van der Waals surface area contributed by atoms with E-state index in [0.717, 1.165) is 24.3 Å². The predicted octanol–water partition coefficient (Wildman–Crippen LogP) is 3.84. The van der Waals surface area contributed by atoms with E-state index in [2.05, 4.69) is 36.0 Å². The number of rotatable bonds is 6. The van der Waals surface area contributed by atoms with Gasteiger partial charge in [0.2, 0.25) is 0 Å². The van der Waals surface area contributed by atoms with Gasteiger partial charge in [0.25, 0.3) is 0 Å². The van der Waals surface area contributed by atoms with E-state index in [9.17, 15) is 0 Å². The van der Waals surface area contributed by atoms with Gasteiger partial charge in [0.15, 0.2) is 0 Å². The van der Waals surface area contributed by atoms with Crippen LogP contribution in [0.2, 0.25) is 0 Å². The number of nitrogens with one attached hydrogen (secondary N) is 1. The van der Waals surface area contributed by atoms with Crippen molar-refractivity contribution < 1.29 is 0 Å². The van der Waals surface area contributed by atoms with Crippen LogP contribution < -0.4 is 5.32 Å². The Morgan fingerprint density at radius 1 is 1.18 bits per heavy atom. The maximum absolute atomic E-state index is 4.34. The maximum atomic E-state index is 4.34. The minimum atomic E-state index is 0.942. The molecule has 1 aromatic rings. The van der Waals surface area contributed by atoms with Gasteiger partial charge >= 0.3 is 0 Å². The third-order valence-corrected chi connectivity index (χ3v) is 2.49. The minimum Gasteiger partial charge on any atom is -0.370 e. The molecule has 1 heterocycles. The SMILES string of the molecule is CCCCC#Cc1ccc(NCCCC)nc1. The Balaban J connectivity index is 2.40. The zero-order chi connectivity index (χ0) is 12.3. The van der Waals surface area contributed by atoms with Gasteiger partial charge in [-0.1, -0.05) is 38.5 Å². The molecule has 2 nitrogen and oxygen atoms in total. The summed E-state index contributed by atoms with van der Waals surface area (Å²) in [7, 11) is 0. The highest BCUT2D eigenvalue weighted by atomic mass is 15.0. The maximum Gasteiger partial charge on any atom is 0.125 e. The Morgan fingerprint density at radius 2 is 2.00 bits per heavy atom. The molecule has 0 spiro atoms. The molecule has 0 saturated carbocycles. The van der Waals surface area contributed by atoms with Gasteiger partial charge in [-0.25, -0.2) is 4.98 Å². The van der Waals surface area contributed by atoms with E-state index in [1.165, 1.54) is 25.7 Å². The van der Waals surface area contributed by atoms with Gasteiger partial charge in [-0.3, -0.25) is 0 Å². The van der Waals surface area contributed by atoms with Crippen molar-refractivity contribution in [2.24, 2.45) is 0 Å². The molecular weight excluding hydrogens is 208 g/mol. The molecule has 0 fully saturated rings. The number of hydrogen-bond acceptors (Lipinski definition) is 2. The molecule has 0 aliphatic carbocycles. The van der Waals surface area contributed by atoms with E-state index in [1.807, 2.05) is 18.3 Å². The molecule has 0 aliphatic rings. The third-order valence-electron chi connectivity index (χ3n) is 2.49. The summed E-state index contributed by atoms with van der Waals surface area (Å²) in [6.45, 7) is 5.36. The standard InChI is InChI=1S/C15H22N2/c1-3-5-7-8-9-14-10-11-15(17-13-14)16-12-6-4-2/h10-11,13H,3-7,12H2,1-2H3,(H,16,17). The average Bonchev–Trinajstić information content (AvgIpc) is 2.37. The van der Waals surface area contributed by atoms with Crippen LogP contribution in [0.1, 0.15) is 51.5 Å². The second-order valence-corrected chi connectivity index (χ2v) is 4.12. The molecule has 0 aromatic carbocycles. The smallest absolute Gasteiger partial charge is 0.125 e. The Hall–Kier alpha value is -1.49. The number of pyridine rings is 1. The van der Waals surface area contributed by atoms with Gasteiger partial charge in [-0.05, 0) is 25.0 Å². The molecule has 1 aromatic heterocycles. The summed E-state index contributed by atoms with van der Waals surface area (Å²) in [5, 5.41) is 3.29. The molecule has 0 amide bonds. The second kappa shape index (κ2) is 8.64. The molecule has 2 heteroatoms. The summed E-state index contributed by atoms with van der Waals surface area (Å²) in [6.07, 6.45) is 7.58. The van der Waals surface area contributed by atoms with Gasteiger partial charge in [0.1, 0.15) is 5.82 Å². The highest BCUT2D eigenvalue weighted by Gasteiger charge is 1.92. The number of nitrogens with zero attached hydrogens (tertiary/aromatic N) is 1. The highest BCUT2D eigenvalue weighted by molar-refractivity contribution is 5.40. The van der Waals surface area contributed by atoms with E-state index >= 15 is 0 Å². The molecule has 0 atom stereocenters. The Labute approximate surface area is 105 Å². The van der Waals surface area contributed by atoms with Gasteiger partial charge < -0.3 is 5.32 Å². The summed E-state index contributed by atoms with van der Waals surface area (Å²) in [5.74, 6) is 7.24. The van der Waals surface area contributed by atoms with Crippen LogP contribution in [0.25, 0.3) is 0 Å². The molecule has 0 radical (unpaired) electrons. The van der Waals surface area contributed by atoms with E-state index in [0.29, 0.717) is 0 Å². The normalized spacial score (nSPS) is 9.53. The molecule has 0 unspecified atom stereocenters. The van der Waals surface area contributed by atoms with Crippen molar-refractivity contribution in [3.63, 3.8) is 0 Å². The molecule has 0 saturated heterocycles. The molecule has 1 N–H and O–H groups in total. The summed E-state index contributed by atoms with van der Waals surface area (Å²) < 4.78 is 0. The lowest BCUT2D eigenvalue weighted by atomic mass is 10.2. The Morgan fingerprint density at radius 3 is 2.65 bits per heavy atom. The lowest BCUT2D eigenvalue weighted by Gasteiger charge is -2.03. The van der Waals surface area contributed by atoms with Crippen molar-refractivity contribution in [3.05, 3.63) is 23.9 Å². The number of aromatic nitrogens is 1. The van der Waals surface area contributed by atoms with E-state index in [4.69, 9.17) is 0 Å². The Kier molecular flexibility index (Phi) is 6.90. The number of anilines is 1. The van der Waals surface area contributed by atoms with Crippen molar-refractivity contribution in [1.82, 2.24) is 4.98 Å². The Bertz CT molecular complexity index is 357. The van der Waals surface area contributed by atoms with Gasteiger partial charge in [-0.15, -0.1) is 0 Å². The first-order valence-corrected chi connectivity index (χ1v) is 6.55. The average molecular weight is 230 g/mol. The minimum absolute atomic E-state index is 0.942. The van der Waals surface area contributed by atoms with Gasteiger partial charge in [0, 0.05) is 24.7 Å². The molecule has 92 valence electrons. The topological polar surface area (TPSA) is 24.9 Å². The van der Waals surface area contributed by atoms with Crippen molar-refractivity contribution in [3.8, 4) is 11.8 Å². The molecular formula is C15H22N2. The first-order valence-electron chi connectivity index (χ1n) is 6.55. The fourth-order valence-corrected chi connectivity index (χ4v) is 1.40. The van der Waals surface area contributed by atoms with E-state index in [1.54, 1.807) is 0 Å². The van der Waals surface area contributed by atoms with Crippen molar-refractivity contribution >= 4 is 5.82 Å². The van der Waals surface area contributed by atoms with Crippen LogP contribution in [0.15, 0.2) is 18.3 Å². The van der Waals surface area contributed by atoms with Crippen LogP contribution in [0.3, 0.4) is 0 Å². The van der Waals surface area contributed by atoms with E-state index in [-0.39, 0.29) is 0 Å². The highest BCUT2D eigenvalue weighted by Crippen LogP contribution is 2.04. The van der Waals surface area contributed by atoms with Crippen LogP contribution in [-0.4, -0.2) is 11.5 Å². The summed E-state index contributed by atoms with van der Waals surface area (Å²) in [5.41, 5.74) is 1.00. The zero-order valence-corrected chi connectivity index (χ0v) is 10.9. The van der Waals surface area contributed by atoms with Crippen molar-refractivity contribution in [2.75, 3.05) is 11.9 Å².